The van der Waals surface area contributed by atoms with Crippen molar-refractivity contribution in [2.45, 2.75) is 6.54 Å². The van der Waals surface area contributed by atoms with Gasteiger partial charge in [0.1, 0.15) is 0 Å². The lowest BCUT2D eigenvalue weighted by molar-refractivity contribution is 0.0600. The Morgan fingerprint density at radius 3 is 2.45 bits per heavy atom. The predicted octanol–water partition coefficient (Wildman–Crippen LogP) is 3.23. The van der Waals surface area contributed by atoms with E-state index in [0.29, 0.717) is 17.0 Å². The summed E-state index contributed by atoms with van der Waals surface area (Å²) >= 11 is 4.70. The molecular formula is C14H12BrNO3S. The normalized spacial score (nSPS) is 10.1. The second-order valence-corrected chi connectivity index (χ2v) is 6.44. The maximum absolute atomic E-state index is 11.9. The van der Waals surface area contributed by atoms with Crippen LogP contribution in [-0.4, -0.2) is 19.0 Å². The van der Waals surface area contributed by atoms with Crippen molar-refractivity contribution in [1.82, 2.24) is 5.32 Å². The van der Waals surface area contributed by atoms with Gasteiger partial charge in [0.05, 0.1) is 21.3 Å². The Kier molecular flexibility index (Phi) is 4.92. The Balaban J connectivity index is 1.94. The fourth-order valence-electron chi connectivity index (χ4n) is 1.58. The van der Waals surface area contributed by atoms with E-state index in [1.807, 2.05) is 6.07 Å². The fraction of sp³-hybridized carbons (Fsp3) is 0.143. The van der Waals surface area contributed by atoms with E-state index in [4.69, 9.17) is 0 Å². The van der Waals surface area contributed by atoms with Crippen LogP contribution in [0.1, 0.15) is 25.6 Å². The van der Waals surface area contributed by atoms with Gasteiger partial charge in [-0.15, -0.1) is 11.3 Å². The minimum atomic E-state index is -0.371. The van der Waals surface area contributed by atoms with Gasteiger partial charge in [-0.3, -0.25) is 4.79 Å². The summed E-state index contributed by atoms with van der Waals surface area (Å²) in [6, 6.07) is 10.5. The highest BCUT2D eigenvalue weighted by Crippen LogP contribution is 2.21. The molecule has 1 aromatic heterocycles. The molecule has 4 nitrogen and oxygen atoms in total. The first kappa shape index (κ1) is 14.7. The lowest BCUT2D eigenvalue weighted by Gasteiger charge is -2.05. The molecule has 0 saturated carbocycles. The predicted molar refractivity (Wildman–Crippen MR) is 81.0 cm³/mol. The maximum Gasteiger partial charge on any atom is 0.337 e. The molecule has 1 N–H and O–H groups in total. The van der Waals surface area contributed by atoms with Crippen molar-refractivity contribution < 1.29 is 14.3 Å². The van der Waals surface area contributed by atoms with Gasteiger partial charge in [-0.1, -0.05) is 12.1 Å². The number of ether oxygens (including phenoxy) is 1. The zero-order valence-corrected chi connectivity index (χ0v) is 13.1. The van der Waals surface area contributed by atoms with Crippen LogP contribution >= 0.6 is 27.3 Å². The van der Waals surface area contributed by atoms with Crippen molar-refractivity contribution in [3.8, 4) is 0 Å². The molecule has 0 fully saturated rings. The molecule has 0 saturated heterocycles. The van der Waals surface area contributed by atoms with Gasteiger partial charge in [-0.25, -0.2) is 4.79 Å². The highest BCUT2D eigenvalue weighted by molar-refractivity contribution is 9.11. The monoisotopic (exact) mass is 353 g/mol. The topological polar surface area (TPSA) is 55.4 Å². The van der Waals surface area contributed by atoms with Crippen LogP contribution in [0.2, 0.25) is 0 Å². The first-order valence-electron chi connectivity index (χ1n) is 5.81. The van der Waals surface area contributed by atoms with E-state index in [2.05, 4.69) is 26.0 Å². The van der Waals surface area contributed by atoms with Crippen molar-refractivity contribution in [1.29, 1.82) is 0 Å². The molecule has 0 spiro atoms. The first-order chi connectivity index (χ1) is 9.60. The van der Waals surface area contributed by atoms with Crippen LogP contribution in [0.3, 0.4) is 0 Å². The summed E-state index contributed by atoms with van der Waals surface area (Å²) < 4.78 is 5.54. The van der Waals surface area contributed by atoms with E-state index >= 15 is 0 Å². The lowest BCUT2D eigenvalue weighted by atomic mass is 10.1. The highest BCUT2D eigenvalue weighted by atomic mass is 79.9. The quantitative estimate of drug-likeness (QED) is 0.858. The average molecular weight is 354 g/mol. The van der Waals surface area contributed by atoms with Crippen LogP contribution in [0.15, 0.2) is 40.2 Å². The van der Waals surface area contributed by atoms with Crippen molar-refractivity contribution in [2.24, 2.45) is 0 Å². The molecule has 104 valence electrons. The van der Waals surface area contributed by atoms with E-state index in [1.54, 1.807) is 30.3 Å². The van der Waals surface area contributed by atoms with Gasteiger partial charge in [0.25, 0.3) is 5.91 Å². The van der Waals surface area contributed by atoms with Gasteiger partial charge >= 0.3 is 5.97 Å². The van der Waals surface area contributed by atoms with Gasteiger partial charge in [0.15, 0.2) is 0 Å². The molecule has 0 aliphatic heterocycles. The van der Waals surface area contributed by atoms with Gasteiger partial charge in [-0.05, 0) is 45.8 Å². The third-order valence-corrected chi connectivity index (χ3v) is 4.25. The molecule has 0 atom stereocenters. The average Bonchev–Trinajstić information content (AvgIpc) is 2.91. The van der Waals surface area contributed by atoms with E-state index in [0.717, 1.165) is 9.35 Å². The van der Waals surface area contributed by atoms with E-state index in [1.165, 1.54) is 18.4 Å². The van der Waals surface area contributed by atoms with Crippen molar-refractivity contribution >= 4 is 39.1 Å². The number of esters is 1. The summed E-state index contributed by atoms with van der Waals surface area (Å²) in [5, 5.41) is 2.83. The minimum absolute atomic E-state index is 0.113. The molecule has 0 aliphatic rings. The largest absolute Gasteiger partial charge is 0.465 e. The molecule has 0 bridgehead atoms. The first-order valence-corrected chi connectivity index (χ1v) is 7.42. The molecule has 1 amide bonds. The van der Waals surface area contributed by atoms with Crippen LogP contribution < -0.4 is 5.32 Å². The molecule has 0 radical (unpaired) electrons. The summed E-state index contributed by atoms with van der Waals surface area (Å²) in [5.41, 5.74) is 1.41. The number of hydrogen-bond donors (Lipinski definition) is 1. The molecule has 1 aromatic carbocycles. The molecule has 0 unspecified atom stereocenters. The second kappa shape index (κ2) is 6.67. The van der Waals surface area contributed by atoms with Gasteiger partial charge in [0.2, 0.25) is 0 Å². The molecule has 6 heteroatoms. The number of nitrogens with one attached hydrogen (secondary N) is 1. The number of rotatable bonds is 4. The molecule has 2 aromatic rings. The minimum Gasteiger partial charge on any atom is -0.465 e. The Labute approximate surface area is 128 Å². The van der Waals surface area contributed by atoms with E-state index < -0.39 is 0 Å². The maximum atomic E-state index is 11.9. The SMILES string of the molecule is COC(=O)c1ccc(CNC(=O)c2ccc(Br)s2)cc1. The summed E-state index contributed by atoms with van der Waals surface area (Å²) in [6.45, 7) is 0.413. The third-order valence-electron chi connectivity index (χ3n) is 2.63. The van der Waals surface area contributed by atoms with Crippen molar-refractivity contribution in [3.05, 3.63) is 56.2 Å². The standard InChI is InChI=1S/C14H12BrNO3S/c1-19-14(18)10-4-2-9(3-5-10)8-16-13(17)11-6-7-12(15)20-11/h2-7H,8H2,1H3,(H,16,17). The number of halogens is 1. The Bertz CT molecular complexity index is 622. The molecule has 0 aliphatic carbocycles. The number of methoxy groups -OCH3 is 1. The number of hydrogen-bond acceptors (Lipinski definition) is 4. The van der Waals surface area contributed by atoms with Crippen LogP contribution in [0, 0.1) is 0 Å². The van der Waals surface area contributed by atoms with Crippen molar-refractivity contribution in [3.63, 3.8) is 0 Å². The number of carbonyl (C=O) groups is 2. The van der Waals surface area contributed by atoms with Crippen LogP contribution in [0.5, 0.6) is 0 Å². The van der Waals surface area contributed by atoms with Crippen molar-refractivity contribution in [2.75, 3.05) is 7.11 Å². The number of amides is 1. The molecular weight excluding hydrogens is 342 g/mol. The zero-order chi connectivity index (χ0) is 14.5. The van der Waals surface area contributed by atoms with E-state index in [-0.39, 0.29) is 11.9 Å². The summed E-state index contributed by atoms with van der Waals surface area (Å²) in [4.78, 5) is 23.8. The zero-order valence-electron chi connectivity index (χ0n) is 10.7. The van der Waals surface area contributed by atoms with Crippen LogP contribution in [-0.2, 0) is 11.3 Å². The smallest absolute Gasteiger partial charge is 0.337 e. The van der Waals surface area contributed by atoms with Crippen LogP contribution in [0.25, 0.3) is 0 Å². The Morgan fingerprint density at radius 1 is 1.20 bits per heavy atom. The number of benzene rings is 1. The molecule has 20 heavy (non-hydrogen) atoms. The van der Waals surface area contributed by atoms with E-state index in [9.17, 15) is 9.59 Å². The second-order valence-electron chi connectivity index (χ2n) is 3.97. The Morgan fingerprint density at radius 2 is 1.90 bits per heavy atom. The fourth-order valence-corrected chi connectivity index (χ4v) is 2.88. The molecule has 1 heterocycles. The van der Waals surface area contributed by atoms with Crippen LogP contribution in [0.4, 0.5) is 0 Å². The number of carbonyl (C=O) groups excluding carboxylic acids is 2. The van der Waals surface area contributed by atoms with Gasteiger partial charge < -0.3 is 10.1 Å². The highest BCUT2D eigenvalue weighted by Gasteiger charge is 2.08. The lowest BCUT2D eigenvalue weighted by Crippen LogP contribution is -2.21. The molecule has 2 rings (SSSR count). The number of thiophene rings is 1. The summed E-state index contributed by atoms with van der Waals surface area (Å²) in [5.74, 6) is -0.484. The third kappa shape index (κ3) is 3.68. The van der Waals surface area contributed by atoms with Gasteiger partial charge in [-0.2, -0.15) is 0 Å². The van der Waals surface area contributed by atoms with Gasteiger partial charge in [0, 0.05) is 6.54 Å². The summed E-state index contributed by atoms with van der Waals surface area (Å²) in [7, 11) is 1.34. The summed E-state index contributed by atoms with van der Waals surface area (Å²) in [6.07, 6.45) is 0. The Hall–Kier alpha value is -1.66.